The number of hydrogen-bond donors (Lipinski definition) is 1. The lowest BCUT2D eigenvalue weighted by molar-refractivity contribution is -0.164. The highest BCUT2D eigenvalue weighted by Crippen LogP contribution is 2.64. The van der Waals surface area contributed by atoms with Gasteiger partial charge in [-0.1, -0.05) is 31.9 Å². The number of esters is 1. The second-order valence-electron chi connectivity index (χ2n) is 9.69. The quantitative estimate of drug-likeness (QED) is 0.558. The van der Waals surface area contributed by atoms with E-state index in [-0.39, 0.29) is 41.2 Å². The molecule has 4 nitrogen and oxygen atoms in total. The van der Waals surface area contributed by atoms with Crippen molar-refractivity contribution in [3.05, 3.63) is 23.8 Å². The highest BCUT2D eigenvalue weighted by Gasteiger charge is 2.59. The Kier molecular flexibility index (Phi) is 5.09. The van der Waals surface area contributed by atoms with Gasteiger partial charge in [-0.15, -0.1) is 12.6 Å². The minimum Gasteiger partial charge on any atom is -0.462 e. The maximum atomic E-state index is 12.5. The van der Waals surface area contributed by atoms with Crippen molar-refractivity contribution in [2.24, 2.45) is 28.6 Å². The largest absolute Gasteiger partial charge is 0.462 e. The Morgan fingerprint density at radius 2 is 1.96 bits per heavy atom. The van der Waals surface area contributed by atoms with Gasteiger partial charge < -0.3 is 4.74 Å². The van der Waals surface area contributed by atoms with E-state index in [1.54, 1.807) is 12.2 Å². The minimum absolute atomic E-state index is 0.0261. The van der Waals surface area contributed by atoms with Crippen LogP contribution in [0.15, 0.2) is 23.8 Å². The molecule has 28 heavy (non-hydrogen) atoms. The molecule has 0 N–H and O–H groups in total. The smallest absolute Gasteiger partial charge is 0.306 e. The summed E-state index contributed by atoms with van der Waals surface area (Å²) in [6, 6.07) is 0. The molecule has 0 saturated heterocycles. The van der Waals surface area contributed by atoms with Crippen molar-refractivity contribution in [2.45, 2.75) is 71.3 Å². The van der Waals surface area contributed by atoms with Crippen LogP contribution in [-0.2, 0) is 19.1 Å². The fraction of sp³-hybridized carbons (Fsp3) is 0.696. The molecule has 0 unspecified atom stereocenters. The van der Waals surface area contributed by atoms with Crippen molar-refractivity contribution >= 4 is 29.5 Å². The molecule has 3 fully saturated rings. The third kappa shape index (κ3) is 3.30. The van der Waals surface area contributed by atoms with Crippen LogP contribution in [0.5, 0.6) is 0 Å². The van der Waals surface area contributed by atoms with Gasteiger partial charge in [-0.2, -0.15) is 0 Å². The molecule has 0 heterocycles. The number of hydrogen-bond acceptors (Lipinski definition) is 4. The lowest BCUT2D eigenvalue weighted by atomic mass is 9.48. The summed E-state index contributed by atoms with van der Waals surface area (Å²) in [5.74, 6) is 0.964. The molecule has 0 bridgehead atoms. The fourth-order valence-electron chi connectivity index (χ4n) is 6.69. The number of allylic oxidation sites excluding steroid dienone is 3. The van der Waals surface area contributed by atoms with E-state index in [4.69, 9.17) is 4.74 Å². The number of thiol groups is 1. The van der Waals surface area contributed by atoms with Gasteiger partial charge in [0.05, 0.1) is 6.42 Å². The van der Waals surface area contributed by atoms with Crippen LogP contribution in [0.25, 0.3) is 0 Å². The maximum Gasteiger partial charge on any atom is 0.306 e. The second kappa shape index (κ2) is 7.16. The summed E-state index contributed by atoms with van der Waals surface area (Å²) in [5, 5.41) is -0.294. The van der Waals surface area contributed by atoms with Crippen LogP contribution in [0, 0.1) is 28.6 Å². The molecule has 4 aliphatic rings. The highest BCUT2D eigenvalue weighted by molar-refractivity contribution is 7.96. The Balaban J connectivity index is 1.65. The van der Waals surface area contributed by atoms with Crippen molar-refractivity contribution < 1.29 is 19.1 Å². The van der Waals surface area contributed by atoms with Gasteiger partial charge in [0.2, 0.25) is 0 Å². The molecule has 3 saturated carbocycles. The molecule has 6 atom stereocenters. The summed E-state index contributed by atoms with van der Waals surface area (Å²) >= 11 is 3.75. The van der Waals surface area contributed by atoms with Crippen molar-refractivity contribution in [1.29, 1.82) is 0 Å². The lowest BCUT2D eigenvalue weighted by Crippen LogP contribution is -2.54. The van der Waals surface area contributed by atoms with E-state index >= 15 is 0 Å². The molecule has 4 rings (SSSR count). The van der Waals surface area contributed by atoms with E-state index in [1.165, 1.54) is 25.7 Å². The standard InChI is InChI=1S/C23H30O4S/c1-22-9-3-4-16(22)21-17(8-10-22)23(2)11-7-15(24)12-14(23)13-18(21)27-19(25)5-6-20(26)28/h7,11-12,16-18,21H,3-6,8-10,13H2,1-2H3,(H,26,28)/t16-,17-,18+,21-,22-,23-/m0/s1. The van der Waals surface area contributed by atoms with Gasteiger partial charge in [0.15, 0.2) is 10.9 Å². The zero-order valence-corrected chi connectivity index (χ0v) is 17.7. The summed E-state index contributed by atoms with van der Waals surface area (Å²) in [5.41, 5.74) is 1.32. The lowest BCUT2D eigenvalue weighted by Gasteiger charge is -2.58. The van der Waals surface area contributed by atoms with Crippen LogP contribution in [0.1, 0.15) is 65.2 Å². The monoisotopic (exact) mass is 402 g/mol. The topological polar surface area (TPSA) is 60.4 Å². The first-order chi connectivity index (χ1) is 13.2. The summed E-state index contributed by atoms with van der Waals surface area (Å²) < 4.78 is 5.99. The van der Waals surface area contributed by atoms with Crippen LogP contribution in [0.3, 0.4) is 0 Å². The van der Waals surface area contributed by atoms with E-state index in [0.717, 1.165) is 12.0 Å². The number of rotatable bonds is 4. The normalized spacial score (nSPS) is 41.5. The Labute approximate surface area is 172 Å². The Bertz CT molecular complexity index is 769. The van der Waals surface area contributed by atoms with Gasteiger partial charge >= 0.3 is 5.97 Å². The zero-order chi connectivity index (χ0) is 20.1. The fourth-order valence-corrected chi connectivity index (χ4v) is 6.80. The first-order valence-corrected chi connectivity index (χ1v) is 11.0. The van der Waals surface area contributed by atoms with Gasteiger partial charge in [0.1, 0.15) is 6.10 Å². The highest BCUT2D eigenvalue weighted by atomic mass is 32.1. The molecule has 152 valence electrons. The predicted molar refractivity (Wildman–Crippen MR) is 110 cm³/mol. The van der Waals surface area contributed by atoms with E-state index in [1.807, 2.05) is 0 Å². The third-order valence-corrected chi connectivity index (χ3v) is 8.39. The SMILES string of the molecule is C[C@@]12CCC[C@H]1[C@@H]1[C@H](OC(=O)CCC(=O)S)CC3=CC(=O)C=C[C@]3(C)[C@H]1CC2. The van der Waals surface area contributed by atoms with Crippen molar-refractivity contribution in [2.75, 3.05) is 0 Å². The number of fused-ring (bicyclic) bond motifs is 5. The first-order valence-electron chi connectivity index (χ1n) is 10.6. The number of carbonyl (C=O) groups excluding carboxylic acids is 3. The van der Waals surface area contributed by atoms with Gasteiger partial charge in [-0.25, -0.2) is 0 Å². The Hall–Kier alpha value is -1.36. The van der Waals surface area contributed by atoms with E-state index < -0.39 is 0 Å². The zero-order valence-electron chi connectivity index (χ0n) is 16.8. The Morgan fingerprint density at radius 3 is 2.71 bits per heavy atom. The number of carbonyl (C=O) groups is 3. The van der Waals surface area contributed by atoms with Crippen molar-refractivity contribution in [1.82, 2.24) is 0 Å². The molecule has 4 aliphatic carbocycles. The minimum atomic E-state index is -0.321. The summed E-state index contributed by atoms with van der Waals surface area (Å²) in [6.45, 7) is 4.67. The van der Waals surface area contributed by atoms with Crippen LogP contribution >= 0.6 is 12.6 Å². The molecule has 0 aliphatic heterocycles. The van der Waals surface area contributed by atoms with Crippen LogP contribution in [0.2, 0.25) is 0 Å². The van der Waals surface area contributed by atoms with E-state index in [9.17, 15) is 14.4 Å². The molecular formula is C23H30O4S. The third-order valence-electron chi connectivity index (χ3n) is 8.16. The molecule has 0 radical (unpaired) electrons. The van der Waals surface area contributed by atoms with E-state index in [0.29, 0.717) is 29.6 Å². The summed E-state index contributed by atoms with van der Waals surface area (Å²) in [6.07, 6.45) is 12.2. The van der Waals surface area contributed by atoms with E-state index in [2.05, 4.69) is 32.6 Å². The van der Waals surface area contributed by atoms with Crippen LogP contribution < -0.4 is 0 Å². The van der Waals surface area contributed by atoms with Crippen LogP contribution in [-0.4, -0.2) is 23.0 Å². The summed E-state index contributed by atoms with van der Waals surface area (Å²) in [4.78, 5) is 35.6. The average Bonchev–Trinajstić information content (AvgIpc) is 3.03. The van der Waals surface area contributed by atoms with Crippen LogP contribution in [0.4, 0.5) is 0 Å². The average molecular weight is 403 g/mol. The molecule has 0 amide bonds. The molecule has 0 aromatic heterocycles. The number of ether oxygens (including phenoxy) is 1. The molecule has 0 spiro atoms. The van der Waals surface area contributed by atoms with Gasteiger partial charge in [0.25, 0.3) is 0 Å². The van der Waals surface area contributed by atoms with Crippen molar-refractivity contribution in [3.63, 3.8) is 0 Å². The van der Waals surface area contributed by atoms with Gasteiger partial charge in [-0.3, -0.25) is 14.4 Å². The van der Waals surface area contributed by atoms with Gasteiger partial charge in [0, 0.05) is 24.2 Å². The van der Waals surface area contributed by atoms with Gasteiger partial charge in [-0.05, 0) is 55.1 Å². The molecule has 0 aromatic carbocycles. The van der Waals surface area contributed by atoms with Crippen molar-refractivity contribution in [3.8, 4) is 0 Å². The number of ketones is 1. The molecular weight excluding hydrogens is 372 g/mol. The molecule has 0 aromatic rings. The summed E-state index contributed by atoms with van der Waals surface area (Å²) in [7, 11) is 0. The first kappa shape index (κ1) is 19.9. The second-order valence-corrected chi connectivity index (χ2v) is 10.2. The predicted octanol–water partition coefficient (Wildman–Crippen LogP) is 4.44. The molecule has 5 heteroatoms. The Morgan fingerprint density at radius 1 is 1.18 bits per heavy atom. The maximum absolute atomic E-state index is 12.5.